The fourth-order valence-corrected chi connectivity index (χ4v) is 2.16. The van der Waals surface area contributed by atoms with E-state index in [0.29, 0.717) is 0 Å². The molecule has 1 rings (SSSR count). The van der Waals surface area contributed by atoms with Crippen molar-refractivity contribution in [3.63, 3.8) is 0 Å². The maximum absolute atomic E-state index is 4.34. The van der Waals surface area contributed by atoms with Crippen LogP contribution in [-0.4, -0.2) is 0 Å². The zero-order valence-corrected chi connectivity index (χ0v) is 9.42. The first-order valence-electron chi connectivity index (χ1n) is 3.97. The molecule has 1 aromatic rings. The van der Waals surface area contributed by atoms with Crippen molar-refractivity contribution in [1.82, 2.24) is 0 Å². The summed E-state index contributed by atoms with van der Waals surface area (Å²) < 4.78 is 0.0323. The molecule has 66 valence electrons. The normalized spacial score (nSPS) is 10.8. The minimum atomic E-state index is 0.0323. The predicted octanol–water partition coefficient (Wildman–Crippen LogP) is 3.47. The van der Waals surface area contributed by atoms with Gasteiger partial charge in [0.05, 0.1) is 4.58 Å². The number of hydrogen-bond acceptors (Lipinski definition) is 2. The molecule has 0 unspecified atom stereocenters. The largest absolute Gasteiger partial charge is 0.160 e. The van der Waals surface area contributed by atoms with Gasteiger partial charge in [0.25, 0.3) is 0 Å². The zero-order chi connectivity index (χ0) is 9.30. The van der Waals surface area contributed by atoms with Gasteiger partial charge >= 0.3 is 0 Å². The molecule has 0 aliphatic rings. The standard InChI is InChI=1S/C10H14S2/c1-6-4-5-7(2)9(8(6)3)10(11)12/h4-5,10-12H,1-3H3. The van der Waals surface area contributed by atoms with Crippen molar-refractivity contribution in [3.8, 4) is 0 Å². The van der Waals surface area contributed by atoms with E-state index in [9.17, 15) is 0 Å². The summed E-state index contributed by atoms with van der Waals surface area (Å²) in [5.74, 6) is 0. The molecular formula is C10H14S2. The van der Waals surface area contributed by atoms with E-state index in [-0.39, 0.29) is 4.58 Å². The molecule has 0 N–H and O–H groups in total. The van der Waals surface area contributed by atoms with E-state index >= 15 is 0 Å². The van der Waals surface area contributed by atoms with Crippen molar-refractivity contribution in [2.24, 2.45) is 0 Å². The average molecular weight is 198 g/mol. The summed E-state index contributed by atoms with van der Waals surface area (Å²) in [5.41, 5.74) is 5.14. The summed E-state index contributed by atoms with van der Waals surface area (Å²) >= 11 is 8.68. The van der Waals surface area contributed by atoms with Crippen molar-refractivity contribution in [1.29, 1.82) is 0 Å². The molecule has 0 amide bonds. The first kappa shape index (κ1) is 10.0. The van der Waals surface area contributed by atoms with Crippen molar-refractivity contribution in [2.75, 3.05) is 0 Å². The molecular weight excluding hydrogens is 184 g/mol. The Hall–Kier alpha value is -0.0800. The molecule has 0 nitrogen and oxygen atoms in total. The van der Waals surface area contributed by atoms with Crippen LogP contribution in [0.15, 0.2) is 12.1 Å². The van der Waals surface area contributed by atoms with Gasteiger partial charge in [0.1, 0.15) is 0 Å². The molecule has 12 heavy (non-hydrogen) atoms. The second-order valence-electron chi connectivity index (χ2n) is 3.11. The van der Waals surface area contributed by atoms with Crippen LogP contribution in [0.4, 0.5) is 0 Å². The molecule has 0 saturated heterocycles. The molecule has 0 atom stereocenters. The van der Waals surface area contributed by atoms with Gasteiger partial charge in [-0.25, -0.2) is 0 Å². The molecule has 0 radical (unpaired) electrons. The fraction of sp³-hybridized carbons (Fsp3) is 0.400. The average Bonchev–Trinajstić information content (AvgIpc) is 1.97. The van der Waals surface area contributed by atoms with Crippen LogP contribution in [-0.2, 0) is 0 Å². The molecule has 2 heteroatoms. The Morgan fingerprint density at radius 3 is 1.92 bits per heavy atom. The van der Waals surface area contributed by atoms with Crippen LogP contribution in [0, 0.1) is 20.8 Å². The topological polar surface area (TPSA) is 0 Å². The lowest BCUT2D eigenvalue weighted by Crippen LogP contribution is -1.94. The molecule has 0 aliphatic heterocycles. The van der Waals surface area contributed by atoms with Gasteiger partial charge in [-0.2, -0.15) is 25.3 Å². The monoisotopic (exact) mass is 198 g/mol. The summed E-state index contributed by atoms with van der Waals surface area (Å²) in [7, 11) is 0. The van der Waals surface area contributed by atoms with Gasteiger partial charge in [-0.1, -0.05) is 12.1 Å². The molecule has 0 saturated carbocycles. The molecule has 0 bridgehead atoms. The molecule has 1 aromatic carbocycles. The predicted molar refractivity (Wildman–Crippen MR) is 61.4 cm³/mol. The Kier molecular flexibility index (Phi) is 3.13. The first-order valence-corrected chi connectivity index (χ1v) is 5.00. The Bertz CT molecular complexity index is 290. The van der Waals surface area contributed by atoms with Gasteiger partial charge < -0.3 is 0 Å². The van der Waals surface area contributed by atoms with Gasteiger partial charge in [-0.15, -0.1) is 0 Å². The minimum absolute atomic E-state index is 0.0323. The maximum Gasteiger partial charge on any atom is 0.0697 e. The third-order valence-corrected chi connectivity index (χ3v) is 2.78. The van der Waals surface area contributed by atoms with E-state index < -0.39 is 0 Å². The van der Waals surface area contributed by atoms with Crippen LogP contribution in [0.1, 0.15) is 26.8 Å². The van der Waals surface area contributed by atoms with Gasteiger partial charge in [0, 0.05) is 0 Å². The summed E-state index contributed by atoms with van der Waals surface area (Å²) in [6.07, 6.45) is 0. The summed E-state index contributed by atoms with van der Waals surface area (Å²) in [5, 5.41) is 0. The molecule has 0 heterocycles. The Balaban J connectivity index is 3.33. The number of rotatable bonds is 1. The van der Waals surface area contributed by atoms with Gasteiger partial charge in [0.2, 0.25) is 0 Å². The quantitative estimate of drug-likeness (QED) is 0.501. The summed E-state index contributed by atoms with van der Waals surface area (Å²) in [4.78, 5) is 0. The fourth-order valence-electron chi connectivity index (χ4n) is 1.37. The number of benzene rings is 1. The van der Waals surface area contributed by atoms with E-state index in [1.165, 1.54) is 22.3 Å². The van der Waals surface area contributed by atoms with E-state index in [1.807, 2.05) is 0 Å². The van der Waals surface area contributed by atoms with Crippen LogP contribution in [0.25, 0.3) is 0 Å². The third kappa shape index (κ3) is 1.80. The highest BCUT2D eigenvalue weighted by molar-refractivity contribution is 7.98. The highest BCUT2D eigenvalue weighted by Crippen LogP contribution is 2.30. The number of thiol groups is 2. The van der Waals surface area contributed by atoms with Crippen LogP contribution in [0.3, 0.4) is 0 Å². The van der Waals surface area contributed by atoms with Crippen molar-refractivity contribution in [2.45, 2.75) is 25.4 Å². The minimum Gasteiger partial charge on any atom is -0.160 e. The lowest BCUT2D eigenvalue weighted by atomic mass is 10.00. The van der Waals surface area contributed by atoms with Crippen LogP contribution < -0.4 is 0 Å². The van der Waals surface area contributed by atoms with Gasteiger partial charge in [-0.05, 0) is 43.0 Å². The number of aryl methyl sites for hydroxylation is 2. The summed E-state index contributed by atoms with van der Waals surface area (Å²) in [6, 6.07) is 4.26. The highest BCUT2D eigenvalue weighted by atomic mass is 32.2. The van der Waals surface area contributed by atoms with E-state index in [2.05, 4.69) is 58.2 Å². The van der Waals surface area contributed by atoms with Crippen molar-refractivity contribution >= 4 is 25.3 Å². The number of hydrogen-bond donors (Lipinski definition) is 2. The molecule has 0 aromatic heterocycles. The zero-order valence-electron chi connectivity index (χ0n) is 7.63. The molecule has 0 spiro atoms. The Morgan fingerprint density at radius 1 is 1.00 bits per heavy atom. The lowest BCUT2D eigenvalue weighted by molar-refractivity contribution is 1.19. The first-order chi connectivity index (χ1) is 5.54. The Morgan fingerprint density at radius 2 is 1.50 bits per heavy atom. The second kappa shape index (κ2) is 3.75. The second-order valence-corrected chi connectivity index (χ2v) is 4.55. The smallest absolute Gasteiger partial charge is 0.0697 e. The SMILES string of the molecule is Cc1ccc(C)c(C(S)S)c1C. The highest BCUT2D eigenvalue weighted by Gasteiger charge is 2.09. The lowest BCUT2D eigenvalue weighted by Gasteiger charge is -2.13. The van der Waals surface area contributed by atoms with Gasteiger partial charge in [0.15, 0.2) is 0 Å². The van der Waals surface area contributed by atoms with Crippen LogP contribution >= 0.6 is 25.3 Å². The Labute approximate surface area is 85.2 Å². The van der Waals surface area contributed by atoms with Gasteiger partial charge in [-0.3, -0.25) is 0 Å². The third-order valence-electron chi connectivity index (χ3n) is 2.26. The van der Waals surface area contributed by atoms with Crippen LogP contribution in [0.2, 0.25) is 0 Å². The van der Waals surface area contributed by atoms with E-state index in [0.717, 1.165) is 0 Å². The molecule has 0 fully saturated rings. The van der Waals surface area contributed by atoms with Crippen LogP contribution in [0.5, 0.6) is 0 Å². The molecule has 0 aliphatic carbocycles. The maximum atomic E-state index is 4.34. The van der Waals surface area contributed by atoms with E-state index in [1.54, 1.807) is 0 Å². The summed E-state index contributed by atoms with van der Waals surface area (Å²) in [6.45, 7) is 6.33. The van der Waals surface area contributed by atoms with Crippen molar-refractivity contribution < 1.29 is 0 Å². The van der Waals surface area contributed by atoms with Crippen molar-refractivity contribution in [3.05, 3.63) is 34.4 Å². The van der Waals surface area contributed by atoms with E-state index in [4.69, 9.17) is 0 Å².